The number of rotatable bonds is 11. The van der Waals surface area contributed by atoms with Crippen molar-refractivity contribution in [3.63, 3.8) is 0 Å². The minimum atomic E-state index is -4.76. The summed E-state index contributed by atoms with van der Waals surface area (Å²) in [5, 5.41) is 33.3. The Balaban J connectivity index is 0.00000348. The van der Waals surface area contributed by atoms with Crippen LogP contribution in [0.15, 0.2) is 150 Å². The minimum Gasteiger partial charge on any atom is -0.857 e. The summed E-state index contributed by atoms with van der Waals surface area (Å²) in [5.41, 5.74) is 2.62. The molecule has 1 N–H and O–H groups in total. The fourth-order valence-corrected chi connectivity index (χ4v) is 6.96. The summed E-state index contributed by atoms with van der Waals surface area (Å²) in [5.74, 6) is -0.607. The molecular weight excluding hydrogens is 807 g/mol. The average Bonchev–Trinajstić information content (AvgIpc) is 3.42. The van der Waals surface area contributed by atoms with Crippen LogP contribution >= 0.6 is 0 Å². The standard InChI is InChI=1S/C35H28N6O10S3.2Na/c1-22-3-16-31(17-4-22)54(49,50)51-29-14-10-27(11-15-29)36-38-32-20-7-25(21-33(32)53(46,47)48)24-5-8-26(9-6-24)37-39-34-23(2)40-41(35(34)42)28-12-18-30(19-13-28)52(43,44)45;;/h3-21,42H,1-2H3,(H,43,44,45)(H,46,47,48);;/q;2*+1/p-2. The van der Waals surface area contributed by atoms with E-state index in [1.807, 2.05) is 6.92 Å². The largest absolute Gasteiger partial charge is 1.00 e. The Labute approximate surface area is 366 Å². The van der Waals surface area contributed by atoms with Crippen molar-refractivity contribution in [3.05, 3.63) is 127 Å². The van der Waals surface area contributed by atoms with Gasteiger partial charge >= 0.3 is 69.2 Å². The summed E-state index contributed by atoms with van der Waals surface area (Å²) in [6.07, 6.45) is 0. The second-order valence-electron chi connectivity index (χ2n) is 11.5. The maximum Gasteiger partial charge on any atom is 1.00 e. The van der Waals surface area contributed by atoms with Crippen molar-refractivity contribution in [1.29, 1.82) is 0 Å². The molecule has 1 heterocycles. The molecule has 6 aromatic rings. The first-order valence-electron chi connectivity index (χ1n) is 15.5. The van der Waals surface area contributed by atoms with Crippen molar-refractivity contribution < 1.29 is 103 Å². The van der Waals surface area contributed by atoms with Crippen molar-refractivity contribution in [2.75, 3.05) is 0 Å². The molecule has 0 radical (unpaired) electrons. The Morgan fingerprint density at radius 3 is 1.77 bits per heavy atom. The first-order valence-corrected chi connectivity index (χ1v) is 19.7. The average molecular weight is 833 g/mol. The molecule has 16 nitrogen and oxygen atoms in total. The number of hydrogen-bond acceptors (Lipinski definition) is 14. The SMILES string of the molecule is Cc1ccc(S(=O)(=O)Oc2ccc(N=Nc3ccc(-c4ccc(N=Nc5c(C)nn(-c6ccc(S(=O)(=O)[O-])cc6)c5[O-])cc4)cc3S(=O)(=O)O)cc2)cc1.[Na+].[Na+]. The number of aryl methyl sites for hydroxylation is 2. The van der Waals surface area contributed by atoms with Crippen molar-refractivity contribution in [2.24, 2.45) is 20.5 Å². The van der Waals surface area contributed by atoms with Gasteiger partial charge in [0.2, 0.25) is 0 Å². The quantitative estimate of drug-likeness (QED) is 0.0835. The van der Waals surface area contributed by atoms with E-state index >= 15 is 0 Å². The van der Waals surface area contributed by atoms with Gasteiger partial charge in [0.1, 0.15) is 37.0 Å². The van der Waals surface area contributed by atoms with E-state index in [4.69, 9.17) is 4.18 Å². The molecule has 6 rings (SSSR count). The fraction of sp³-hybridized carbons (Fsp3) is 0.0571. The maximum absolute atomic E-state index is 13.0. The molecule has 0 atom stereocenters. The van der Waals surface area contributed by atoms with Crippen LogP contribution in [-0.4, -0.2) is 44.1 Å². The Morgan fingerprint density at radius 1 is 0.661 bits per heavy atom. The van der Waals surface area contributed by atoms with Crippen molar-refractivity contribution in [2.45, 2.75) is 28.5 Å². The topological polar surface area (TPSA) is 245 Å². The summed E-state index contributed by atoms with van der Waals surface area (Å²) >= 11 is 0. The zero-order valence-electron chi connectivity index (χ0n) is 30.0. The molecule has 276 valence electrons. The van der Waals surface area contributed by atoms with Gasteiger partial charge in [0.05, 0.1) is 27.7 Å². The van der Waals surface area contributed by atoms with Gasteiger partial charge in [0.25, 0.3) is 10.1 Å². The molecule has 0 saturated carbocycles. The smallest absolute Gasteiger partial charge is 0.857 e. The monoisotopic (exact) mass is 832 g/mol. The van der Waals surface area contributed by atoms with E-state index in [2.05, 4.69) is 25.6 Å². The van der Waals surface area contributed by atoms with Crippen molar-refractivity contribution >= 4 is 53.1 Å². The van der Waals surface area contributed by atoms with E-state index in [9.17, 15) is 39.5 Å². The van der Waals surface area contributed by atoms with E-state index in [0.29, 0.717) is 16.8 Å². The van der Waals surface area contributed by atoms with E-state index in [0.717, 1.165) is 22.4 Å². The summed E-state index contributed by atoms with van der Waals surface area (Å²) in [7, 11) is -13.5. The molecule has 21 heteroatoms. The first-order chi connectivity index (χ1) is 25.5. The second-order valence-corrected chi connectivity index (χ2v) is 15.9. The Hall–Kier alpha value is -4.12. The van der Waals surface area contributed by atoms with Gasteiger partial charge in [0, 0.05) is 5.88 Å². The Kier molecular flexibility index (Phi) is 14.3. The zero-order chi connectivity index (χ0) is 38.8. The third-order valence-corrected chi connectivity index (χ3v) is 10.7. The van der Waals surface area contributed by atoms with Gasteiger partial charge in [0.15, 0.2) is 0 Å². The van der Waals surface area contributed by atoms with Gasteiger partial charge in [-0.15, -0.1) is 10.2 Å². The van der Waals surface area contributed by atoms with E-state index in [-0.39, 0.29) is 98.2 Å². The van der Waals surface area contributed by atoms with Crippen LogP contribution in [0.1, 0.15) is 11.3 Å². The molecule has 0 bridgehead atoms. The molecule has 56 heavy (non-hydrogen) atoms. The fourth-order valence-electron chi connectivity index (χ4n) is 4.91. The molecule has 5 aromatic carbocycles. The second kappa shape index (κ2) is 18.0. The maximum atomic E-state index is 13.0. The molecule has 0 amide bonds. The minimum absolute atomic E-state index is 0. The molecule has 0 spiro atoms. The van der Waals surface area contributed by atoms with Gasteiger partial charge in [-0.05, 0) is 110 Å². The van der Waals surface area contributed by atoms with Crippen LogP contribution in [0.5, 0.6) is 11.6 Å². The Morgan fingerprint density at radius 2 is 1.20 bits per heavy atom. The number of nitrogens with zero attached hydrogens (tertiary/aromatic N) is 6. The van der Waals surface area contributed by atoms with Gasteiger partial charge in [-0.25, -0.2) is 13.1 Å². The summed E-state index contributed by atoms with van der Waals surface area (Å²) in [6, 6.07) is 26.9. The van der Waals surface area contributed by atoms with Crippen molar-refractivity contribution in [3.8, 4) is 28.4 Å². The first kappa shape index (κ1) is 44.6. The summed E-state index contributed by atoms with van der Waals surface area (Å²) in [6.45, 7) is 3.36. The number of aromatic nitrogens is 2. The molecule has 0 aliphatic heterocycles. The third kappa shape index (κ3) is 10.6. The van der Waals surface area contributed by atoms with E-state index < -0.39 is 46.0 Å². The van der Waals surface area contributed by atoms with Crippen LogP contribution in [0.4, 0.5) is 22.7 Å². The molecular formula is C35H26N6Na2O10S3. The molecule has 0 unspecified atom stereocenters. The van der Waals surface area contributed by atoms with Crippen LogP contribution in [0.2, 0.25) is 0 Å². The van der Waals surface area contributed by atoms with Crippen LogP contribution in [0, 0.1) is 13.8 Å². The molecule has 0 saturated heterocycles. The summed E-state index contributed by atoms with van der Waals surface area (Å²) in [4.78, 5) is -0.984. The number of azo groups is 2. The van der Waals surface area contributed by atoms with Gasteiger partial charge in [-0.2, -0.15) is 32.2 Å². The molecule has 0 aliphatic rings. The third-order valence-electron chi connectivity index (χ3n) is 7.69. The normalized spacial score (nSPS) is 12.0. The van der Waals surface area contributed by atoms with Gasteiger partial charge in [-0.3, -0.25) is 4.55 Å². The van der Waals surface area contributed by atoms with Gasteiger partial charge in [-0.1, -0.05) is 35.9 Å². The predicted octanol–water partition coefficient (Wildman–Crippen LogP) is 0.987. The predicted molar refractivity (Wildman–Crippen MR) is 191 cm³/mol. The van der Waals surface area contributed by atoms with Crippen LogP contribution in [0.3, 0.4) is 0 Å². The number of benzene rings is 5. The van der Waals surface area contributed by atoms with E-state index in [1.165, 1.54) is 67.6 Å². The van der Waals surface area contributed by atoms with E-state index in [1.54, 1.807) is 42.5 Å². The molecule has 0 fully saturated rings. The zero-order valence-corrected chi connectivity index (χ0v) is 36.4. The number of hydrogen-bond donors (Lipinski definition) is 1. The van der Waals surface area contributed by atoms with Crippen LogP contribution in [0.25, 0.3) is 16.8 Å². The van der Waals surface area contributed by atoms with Crippen LogP contribution in [-0.2, 0) is 30.4 Å². The van der Waals surface area contributed by atoms with Gasteiger partial charge < -0.3 is 13.8 Å². The molecule has 1 aromatic heterocycles. The van der Waals surface area contributed by atoms with Crippen LogP contribution < -0.4 is 68.4 Å². The molecule has 0 aliphatic carbocycles. The van der Waals surface area contributed by atoms with Crippen molar-refractivity contribution in [1.82, 2.24) is 9.78 Å². The Bertz CT molecular complexity index is 2760. The summed E-state index contributed by atoms with van der Waals surface area (Å²) < 4.78 is 99.6.